The van der Waals surface area contributed by atoms with Gasteiger partial charge in [-0.25, -0.2) is 16.8 Å². The summed E-state index contributed by atoms with van der Waals surface area (Å²) in [6, 6.07) is 41.7. The fraction of sp³-hybridized carbons (Fsp3) is 0.367. The van der Waals surface area contributed by atoms with Crippen molar-refractivity contribution < 1.29 is 74.5 Å². The second kappa shape index (κ2) is 28.1. The Balaban J connectivity index is 0.000000210. The number of rotatable bonds is 22. The van der Waals surface area contributed by atoms with E-state index in [-0.39, 0.29) is 99.0 Å². The van der Waals surface area contributed by atoms with E-state index in [1.54, 1.807) is 12.1 Å². The largest absolute Gasteiger partial charge is 2.00 e. The maximum Gasteiger partial charge on any atom is 2.00 e. The molecule has 21 heteroatoms. The Labute approximate surface area is 511 Å². The number of hydrogen-bond donors (Lipinski definition) is 0. The smallest absolute Gasteiger partial charge is 0.548 e. The Hall–Kier alpha value is -4.96. The average Bonchev–Trinajstić information content (AvgIpc) is 3.41. The maximum absolute atomic E-state index is 11.6. The summed E-state index contributed by atoms with van der Waals surface area (Å²) >= 11 is 13.2. The molecule has 10 rings (SSSR count). The Morgan fingerprint density at radius 1 is 0.494 bits per heavy atom. The van der Waals surface area contributed by atoms with Gasteiger partial charge in [0, 0.05) is 11.1 Å². The van der Waals surface area contributed by atoms with Gasteiger partial charge in [-0.15, -0.1) is 0 Å². The number of carboxylic acids is 2. The third-order valence-electron chi connectivity index (χ3n) is 14.5. The van der Waals surface area contributed by atoms with Crippen LogP contribution < -0.4 is 29.2 Å². The SMILES string of the molecule is O=C([O-])COC1(c2ccc(OCc3cccc(-c4ccc(OCC5CCS(=O)(=O)CC5)cc4Cl)c3)cc2)COC1.O=C([O-])COC1(c2ccc(OCc3cccc(-c4ccc(OCC5CCS(=O)(=O)CC5)cc4Cl)c3)cc2)COC1.[Ca+2]. The Morgan fingerprint density at radius 3 is 1.17 bits per heavy atom. The van der Waals surface area contributed by atoms with E-state index >= 15 is 0 Å². The molecule has 0 unspecified atom stereocenters. The molecule has 4 aliphatic heterocycles. The average molecular weight is 1210 g/mol. The van der Waals surface area contributed by atoms with Crippen LogP contribution in [0.5, 0.6) is 23.0 Å². The van der Waals surface area contributed by atoms with Crippen molar-refractivity contribution in [2.75, 3.05) is 75.9 Å². The van der Waals surface area contributed by atoms with Crippen LogP contribution in [0.2, 0.25) is 10.0 Å². The minimum Gasteiger partial charge on any atom is -0.548 e. The zero-order chi connectivity index (χ0) is 56.3. The number of carboxylic acid groups (broad SMARTS) is 2. The van der Waals surface area contributed by atoms with Crippen molar-refractivity contribution in [1.82, 2.24) is 0 Å². The van der Waals surface area contributed by atoms with Crippen molar-refractivity contribution in [2.45, 2.75) is 50.1 Å². The van der Waals surface area contributed by atoms with Crippen LogP contribution in [-0.4, -0.2) is 142 Å². The Bertz CT molecular complexity index is 3100. The van der Waals surface area contributed by atoms with Crippen LogP contribution in [-0.2, 0) is 72.6 Å². The standard InChI is InChI=1S/2C30H31ClO8S.Ca/c2*31-28-15-26(38-16-21-10-12-40(34,35)13-11-21)8-9-27(28)23-3-1-2-22(14-23)17-37-25-6-4-24(5-7-25)30(19-36-20-30)39-18-29(32)33;/h2*1-9,14-15,21H,10-13,16-20H2,(H,32,33);/q;;+2/p-2. The van der Waals surface area contributed by atoms with Gasteiger partial charge < -0.3 is 57.7 Å². The molecule has 0 saturated carbocycles. The molecule has 0 atom stereocenters. The number of sulfone groups is 2. The van der Waals surface area contributed by atoms with Crippen molar-refractivity contribution in [3.63, 3.8) is 0 Å². The van der Waals surface area contributed by atoms with Gasteiger partial charge in [0.05, 0.1) is 97.9 Å². The molecule has 6 aromatic rings. The van der Waals surface area contributed by atoms with Gasteiger partial charge in [0.2, 0.25) is 0 Å². The summed E-state index contributed by atoms with van der Waals surface area (Å²) in [5, 5.41) is 22.7. The summed E-state index contributed by atoms with van der Waals surface area (Å²) in [5.41, 5.74) is 5.66. The van der Waals surface area contributed by atoms with Crippen LogP contribution in [0, 0.1) is 11.8 Å². The molecule has 4 saturated heterocycles. The van der Waals surface area contributed by atoms with Crippen molar-refractivity contribution in [2.24, 2.45) is 11.8 Å². The monoisotopic (exact) mass is 1210 g/mol. The second-order valence-electron chi connectivity index (χ2n) is 20.4. The summed E-state index contributed by atoms with van der Waals surface area (Å²) < 4.78 is 91.9. The predicted molar refractivity (Wildman–Crippen MR) is 302 cm³/mol. The number of carbonyl (C=O) groups is 2. The zero-order valence-electron chi connectivity index (χ0n) is 44.4. The summed E-state index contributed by atoms with van der Waals surface area (Å²) in [7, 11) is -5.78. The number of halogens is 2. The van der Waals surface area contributed by atoms with Crippen LogP contribution in [0.25, 0.3) is 22.3 Å². The van der Waals surface area contributed by atoms with E-state index in [2.05, 4.69) is 0 Å². The molecule has 0 N–H and O–H groups in total. The van der Waals surface area contributed by atoms with Gasteiger partial charge in [-0.2, -0.15) is 0 Å². The van der Waals surface area contributed by atoms with E-state index in [4.69, 9.17) is 61.1 Å². The molecule has 0 aromatic heterocycles. The summed E-state index contributed by atoms with van der Waals surface area (Å²) in [6.07, 6.45) is 2.51. The van der Waals surface area contributed by atoms with Gasteiger partial charge in [0.15, 0.2) is 0 Å². The zero-order valence-corrected chi connectivity index (χ0v) is 49.7. The van der Waals surface area contributed by atoms with E-state index < -0.39 is 56.0 Å². The summed E-state index contributed by atoms with van der Waals surface area (Å²) in [4.78, 5) is 21.6. The quantitative estimate of drug-likeness (QED) is 0.0614. The van der Waals surface area contributed by atoms with Gasteiger partial charge in [0.1, 0.15) is 67.1 Å². The molecular formula is C60H60CaCl2O16S2. The number of carbonyl (C=O) groups excluding carboxylic acids is 2. The van der Waals surface area contributed by atoms with E-state index in [0.717, 1.165) is 44.5 Å². The molecule has 6 aromatic carbocycles. The molecular weight excluding hydrogens is 1150 g/mol. The number of hydrogen-bond acceptors (Lipinski definition) is 16. The molecule has 16 nitrogen and oxygen atoms in total. The predicted octanol–water partition coefficient (Wildman–Crippen LogP) is 7.18. The third kappa shape index (κ3) is 17.1. The first kappa shape index (κ1) is 62.1. The van der Waals surface area contributed by atoms with Crippen LogP contribution >= 0.6 is 23.2 Å². The minimum absolute atomic E-state index is 0. The molecule has 4 heterocycles. The Morgan fingerprint density at radius 2 is 0.852 bits per heavy atom. The number of benzene rings is 6. The van der Waals surface area contributed by atoms with Crippen molar-refractivity contribution in [3.8, 4) is 45.3 Å². The van der Waals surface area contributed by atoms with E-state index in [9.17, 15) is 36.6 Å². The second-order valence-corrected chi connectivity index (χ2v) is 25.8. The molecule has 4 fully saturated rings. The van der Waals surface area contributed by atoms with Gasteiger partial charge in [-0.1, -0.05) is 83.9 Å². The first-order valence-corrected chi connectivity index (χ1v) is 30.6. The van der Waals surface area contributed by atoms with E-state index in [1.807, 2.05) is 121 Å². The first-order valence-electron chi connectivity index (χ1n) is 26.2. The summed E-state index contributed by atoms with van der Waals surface area (Å²) in [6.45, 7) is 1.80. The molecule has 4 aliphatic rings. The van der Waals surface area contributed by atoms with Crippen molar-refractivity contribution >= 4 is 92.6 Å². The van der Waals surface area contributed by atoms with Gasteiger partial charge >= 0.3 is 37.7 Å². The normalized spacial score (nSPS) is 17.8. The molecule has 424 valence electrons. The molecule has 0 spiro atoms. The van der Waals surface area contributed by atoms with Crippen molar-refractivity contribution in [3.05, 3.63) is 166 Å². The van der Waals surface area contributed by atoms with Crippen molar-refractivity contribution in [1.29, 1.82) is 0 Å². The molecule has 0 amide bonds. The molecule has 0 bridgehead atoms. The van der Waals surface area contributed by atoms with Crippen LogP contribution in [0.15, 0.2) is 133 Å². The maximum atomic E-state index is 11.6. The van der Waals surface area contributed by atoms with Crippen LogP contribution in [0.3, 0.4) is 0 Å². The Kier molecular flexibility index (Phi) is 21.5. The van der Waals surface area contributed by atoms with E-state index in [0.29, 0.717) is 85.2 Å². The fourth-order valence-electron chi connectivity index (χ4n) is 9.61. The van der Waals surface area contributed by atoms with Gasteiger partial charge in [-0.05, 0) is 144 Å². The molecule has 81 heavy (non-hydrogen) atoms. The molecule has 0 radical (unpaired) electrons. The van der Waals surface area contributed by atoms with Crippen LogP contribution in [0.1, 0.15) is 47.9 Å². The number of ether oxygens (including phenoxy) is 8. The van der Waals surface area contributed by atoms with Gasteiger partial charge in [0.25, 0.3) is 0 Å². The molecule has 0 aliphatic carbocycles. The minimum atomic E-state index is -2.89. The van der Waals surface area contributed by atoms with Gasteiger partial charge in [-0.3, -0.25) is 0 Å². The fourth-order valence-corrected chi connectivity index (χ4v) is 13.4. The summed E-state index contributed by atoms with van der Waals surface area (Å²) in [5.74, 6) is 1.47. The van der Waals surface area contributed by atoms with E-state index in [1.165, 1.54) is 0 Å². The third-order valence-corrected chi connectivity index (χ3v) is 18.6. The first-order chi connectivity index (χ1) is 38.4. The number of aliphatic carboxylic acids is 2. The van der Waals surface area contributed by atoms with Crippen LogP contribution in [0.4, 0.5) is 0 Å². The topological polar surface area (TPSA) is 222 Å².